The average molecular weight is 156 g/mol. The Morgan fingerprint density at radius 2 is 2.33 bits per heavy atom. The van der Waals surface area contributed by atoms with Gasteiger partial charge in [0.15, 0.2) is 7.12 Å². The largest absolute Gasteiger partial charge is 0.238 e. The molecule has 0 rings (SSSR count). The van der Waals surface area contributed by atoms with Crippen molar-refractivity contribution < 1.29 is 3.63 Å². The van der Waals surface area contributed by atoms with Gasteiger partial charge in [0.05, 0.1) is 11.1 Å². The fourth-order valence-corrected chi connectivity index (χ4v) is 1.44. The van der Waals surface area contributed by atoms with E-state index in [1.165, 1.54) is 9.83 Å². The Bertz CT molecular complexity index is 19.5. The van der Waals surface area contributed by atoms with E-state index in [2.05, 4.69) is 16.5 Å². The van der Waals surface area contributed by atoms with Crippen LogP contribution >= 0.6 is 44.5 Å². The maximum absolute atomic E-state index is 4.96. The van der Waals surface area contributed by atoms with Crippen molar-refractivity contribution in [2.75, 3.05) is 0 Å². The van der Waals surface area contributed by atoms with Gasteiger partial charge in [0.1, 0.15) is 0 Å². The lowest BCUT2D eigenvalue weighted by Crippen LogP contribution is -1.41. The minimum atomic E-state index is 1.13. The minimum Gasteiger partial charge on any atom is -0.238 e. The SMILES string of the molecule is [B]SSSOS. The number of rotatable bonds is 3. The van der Waals surface area contributed by atoms with Gasteiger partial charge in [-0.15, -0.1) is 10.6 Å². The van der Waals surface area contributed by atoms with E-state index in [4.69, 9.17) is 7.12 Å². The Labute approximate surface area is 55.3 Å². The van der Waals surface area contributed by atoms with E-state index in [9.17, 15) is 0 Å². The molecule has 0 saturated carbocycles. The summed E-state index contributed by atoms with van der Waals surface area (Å²) in [4.78, 5) is 0. The molecule has 0 amide bonds. The van der Waals surface area contributed by atoms with Crippen LogP contribution in [-0.4, -0.2) is 7.12 Å². The Morgan fingerprint density at radius 1 is 1.67 bits per heavy atom. The van der Waals surface area contributed by atoms with Crippen LogP contribution in [0.4, 0.5) is 0 Å². The van der Waals surface area contributed by atoms with Gasteiger partial charge in [0.2, 0.25) is 0 Å². The van der Waals surface area contributed by atoms with Crippen molar-refractivity contribution in [2.45, 2.75) is 0 Å². The standard InChI is InChI=1S/BHOS4/c1-4-6-5-2-3/h3H. The summed E-state index contributed by atoms with van der Waals surface area (Å²) in [6.45, 7) is 0. The van der Waals surface area contributed by atoms with Gasteiger partial charge in [-0.25, -0.2) is 3.63 Å². The van der Waals surface area contributed by atoms with Crippen molar-refractivity contribution in [1.82, 2.24) is 0 Å². The number of hydrogen-bond acceptors (Lipinski definition) is 5. The van der Waals surface area contributed by atoms with E-state index in [0.717, 1.165) is 21.7 Å². The molecule has 0 aromatic heterocycles. The molecule has 0 aliphatic rings. The highest BCUT2D eigenvalue weighted by atomic mass is 33.5. The highest BCUT2D eigenvalue weighted by Gasteiger charge is 1.77. The predicted octanol–water partition coefficient (Wildman–Crippen LogP) is 1.88. The molecule has 0 aromatic rings. The van der Waals surface area contributed by atoms with Gasteiger partial charge in [-0.2, -0.15) is 0 Å². The minimum absolute atomic E-state index is 1.13. The lowest BCUT2D eigenvalue weighted by Gasteiger charge is -1.84. The van der Waals surface area contributed by atoms with E-state index in [1.807, 2.05) is 0 Å². The highest BCUT2D eigenvalue weighted by Crippen LogP contribution is 2.32. The Balaban J connectivity index is 2.34. The van der Waals surface area contributed by atoms with Crippen molar-refractivity contribution in [1.29, 1.82) is 0 Å². The van der Waals surface area contributed by atoms with Crippen molar-refractivity contribution in [3.63, 3.8) is 0 Å². The normalized spacial score (nSPS) is 8.83. The summed E-state index contributed by atoms with van der Waals surface area (Å²) in [5.74, 6) is 0. The third-order valence-corrected chi connectivity index (χ3v) is 2.63. The molecule has 0 aliphatic carbocycles. The molecular formula is HBOS4. The molecule has 6 heteroatoms. The van der Waals surface area contributed by atoms with Gasteiger partial charge < -0.3 is 0 Å². The van der Waals surface area contributed by atoms with Crippen LogP contribution in [0.3, 0.4) is 0 Å². The molecule has 0 saturated heterocycles. The number of thiol groups is 1. The monoisotopic (exact) mass is 156 g/mol. The van der Waals surface area contributed by atoms with Crippen LogP contribution in [0, 0.1) is 0 Å². The van der Waals surface area contributed by atoms with Crippen LogP contribution in [0.25, 0.3) is 0 Å². The quantitative estimate of drug-likeness (QED) is 0.219. The van der Waals surface area contributed by atoms with Crippen LogP contribution in [0.2, 0.25) is 0 Å². The second kappa shape index (κ2) is 6.42. The second-order valence-electron chi connectivity index (χ2n) is 0.307. The summed E-state index contributed by atoms with van der Waals surface area (Å²) in [5, 5.41) is 0. The molecule has 0 aliphatic heterocycles. The van der Waals surface area contributed by atoms with Gasteiger partial charge >= 0.3 is 0 Å². The summed E-state index contributed by atoms with van der Waals surface area (Å²) >= 11 is 4.55. The van der Waals surface area contributed by atoms with Gasteiger partial charge in [-0.3, -0.25) is 0 Å². The second-order valence-corrected chi connectivity index (χ2v) is 3.99. The summed E-state index contributed by atoms with van der Waals surface area (Å²) in [6, 6.07) is 0. The predicted molar refractivity (Wildman–Crippen MR) is 38.6 cm³/mol. The number of hydrogen-bond donors (Lipinski definition) is 1. The summed E-state index contributed by atoms with van der Waals surface area (Å²) < 4.78 is 4.26. The zero-order valence-electron chi connectivity index (χ0n) is 2.66. The molecule has 0 N–H and O–H groups in total. The lowest BCUT2D eigenvalue weighted by molar-refractivity contribution is 0.788. The molecule has 0 fully saturated rings. The van der Waals surface area contributed by atoms with Crippen LogP contribution in [-0.2, 0) is 3.63 Å². The van der Waals surface area contributed by atoms with E-state index in [-0.39, 0.29) is 0 Å². The van der Waals surface area contributed by atoms with Gasteiger partial charge in [0.25, 0.3) is 0 Å². The van der Waals surface area contributed by atoms with Crippen LogP contribution in [0.15, 0.2) is 0 Å². The first kappa shape index (κ1) is 7.42. The summed E-state index contributed by atoms with van der Waals surface area (Å²) in [6.07, 6.45) is 0. The molecule has 0 unspecified atom stereocenters. The Kier molecular flexibility index (Phi) is 7.95. The fraction of sp³-hybridized carbons (Fsp3) is 0. The zero-order valence-corrected chi connectivity index (χ0v) is 6.00. The topological polar surface area (TPSA) is 9.23 Å². The summed E-state index contributed by atoms with van der Waals surface area (Å²) in [7, 11) is 7.41. The van der Waals surface area contributed by atoms with Crippen molar-refractivity contribution in [3.05, 3.63) is 0 Å². The molecule has 34 valence electrons. The highest BCUT2D eigenvalue weighted by molar-refractivity contribution is 9.12. The van der Waals surface area contributed by atoms with E-state index >= 15 is 0 Å². The molecule has 0 atom stereocenters. The molecular weight excluding hydrogens is 155 g/mol. The van der Waals surface area contributed by atoms with Crippen LogP contribution in [0.5, 0.6) is 0 Å². The zero-order chi connectivity index (χ0) is 4.83. The Hall–Kier alpha value is 1.42. The lowest BCUT2D eigenvalue weighted by atomic mass is 10.8. The molecule has 0 heterocycles. The van der Waals surface area contributed by atoms with Crippen LogP contribution < -0.4 is 0 Å². The molecule has 0 aromatic carbocycles. The first-order valence-electron chi connectivity index (χ1n) is 0.918. The molecule has 0 bridgehead atoms. The third-order valence-electron chi connectivity index (χ3n) is 0.0975. The maximum Gasteiger partial charge on any atom is 0.179 e. The molecule has 6 heavy (non-hydrogen) atoms. The molecule has 1 nitrogen and oxygen atoms in total. The van der Waals surface area contributed by atoms with Crippen molar-refractivity contribution in [2.24, 2.45) is 0 Å². The smallest absolute Gasteiger partial charge is 0.179 e. The van der Waals surface area contributed by atoms with E-state index in [1.54, 1.807) is 0 Å². The van der Waals surface area contributed by atoms with Gasteiger partial charge in [-0.05, 0) is 22.7 Å². The maximum atomic E-state index is 4.96. The Morgan fingerprint density at radius 3 is 2.50 bits per heavy atom. The average Bonchev–Trinajstić information content (AvgIpc) is 1.61. The van der Waals surface area contributed by atoms with Crippen molar-refractivity contribution in [3.8, 4) is 0 Å². The molecule has 2 radical (unpaired) electrons. The first-order chi connectivity index (χ1) is 2.91. The van der Waals surface area contributed by atoms with Crippen LogP contribution in [0.1, 0.15) is 0 Å². The molecule has 0 spiro atoms. The van der Waals surface area contributed by atoms with E-state index < -0.39 is 0 Å². The van der Waals surface area contributed by atoms with E-state index in [0.29, 0.717) is 0 Å². The first-order valence-corrected chi connectivity index (χ1v) is 4.75. The van der Waals surface area contributed by atoms with Crippen molar-refractivity contribution >= 4 is 51.6 Å². The third kappa shape index (κ3) is 5.42. The van der Waals surface area contributed by atoms with Gasteiger partial charge in [-0.1, -0.05) is 0 Å². The summed E-state index contributed by atoms with van der Waals surface area (Å²) in [5.41, 5.74) is 0. The van der Waals surface area contributed by atoms with Gasteiger partial charge in [0, 0.05) is 0 Å². The fourth-order valence-electron chi connectivity index (χ4n) is 0.0285.